The van der Waals surface area contributed by atoms with Crippen molar-refractivity contribution in [2.24, 2.45) is 11.8 Å². The molecule has 0 spiro atoms. The van der Waals surface area contributed by atoms with Crippen LogP contribution in [0.5, 0.6) is 0 Å². The van der Waals surface area contributed by atoms with Gasteiger partial charge in [0.05, 0.1) is 14.3 Å². The van der Waals surface area contributed by atoms with E-state index in [-0.39, 0.29) is 0 Å². The lowest BCUT2D eigenvalue weighted by atomic mass is 9.70. The molecule has 0 amide bonds. The molecule has 3 aliphatic rings. The van der Waals surface area contributed by atoms with Gasteiger partial charge in [0.2, 0.25) is 0 Å². The van der Waals surface area contributed by atoms with E-state index < -0.39 is 14.3 Å². The van der Waals surface area contributed by atoms with Crippen molar-refractivity contribution < 1.29 is 9.13 Å². The monoisotopic (exact) mass is 262 g/mol. The molecule has 16 heavy (non-hydrogen) atoms. The van der Waals surface area contributed by atoms with Crippen molar-refractivity contribution in [1.29, 1.82) is 0 Å². The molecule has 0 radical (unpaired) electrons. The van der Waals surface area contributed by atoms with Crippen LogP contribution in [-0.4, -0.2) is 38.0 Å². The lowest BCUT2D eigenvalue weighted by molar-refractivity contribution is 0.182. The maximum Gasteiger partial charge on any atom is 0.0851 e. The van der Waals surface area contributed by atoms with Gasteiger partial charge in [0.1, 0.15) is 0 Å². The van der Waals surface area contributed by atoms with Crippen molar-refractivity contribution >= 4 is 14.3 Å². The summed E-state index contributed by atoms with van der Waals surface area (Å²) in [7, 11) is -3.90. The first kappa shape index (κ1) is 12.9. The van der Waals surface area contributed by atoms with Crippen LogP contribution in [0, 0.1) is 11.8 Å². The topological polar surface area (TPSA) is 34.1 Å². The van der Waals surface area contributed by atoms with Gasteiger partial charge in [-0.25, -0.2) is 0 Å². The second-order valence-electron chi connectivity index (χ2n) is 6.57. The van der Waals surface area contributed by atoms with Gasteiger partial charge < -0.3 is 9.13 Å². The molecule has 94 valence electrons. The van der Waals surface area contributed by atoms with E-state index in [1.807, 2.05) is 26.7 Å². The van der Waals surface area contributed by atoms with Gasteiger partial charge in [-0.15, -0.1) is 0 Å². The van der Waals surface area contributed by atoms with E-state index in [0.29, 0.717) is 23.2 Å². The molecule has 0 aromatic carbocycles. The van der Waals surface area contributed by atoms with E-state index in [2.05, 4.69) is 0 Å². The Balaban J connectivity index is 2.19. The van der Waals surface area contributed by atoms with Crippen LogP contribution in [0.3, 0.4) is 0 Å². The lowest BCUT2D eigenvalue weighted by Gasteiger charge is -2.49. The summed E-state index contributed by atoms with van der Waals surface area (Å²) in [5.74, 6) is 1.17. The van der Waals surface area contributed by atoms with Gasteiger partial charge >= 0.3 is 0 Å². The van der Waals surface area contributed by atoms with Gasteiger partial charge in [-0.1, -0.05) is 0 Å². The zero-order valence-electron chi connectivity index (χ0n) is 10.8. The molecule has 0 heterocycles. The second-order valence-corrected chi connectivity index (χ2v) is 13.6. The summed E-state index contributed by atoms with van der Waals surface area (Å²) in [6, 6.07) is 0. The van der Waals surface area contributed by atoms with Gasteiger partial charge in [-0.05, 0) is 64.2 Å². The number of rotatable bonds is 2. The largest absolute Gasteiger partial charge is 0.324 e. The van der Waals surface area contributed by atoms with E-state index in [1.165, 1.54) is 12.8 Å². The van der Waals surface area contributed by atoms with Gasteiger partial charge in [0.15, 0.2) is 0 Å². The highest BCUT2D eigenvalue weighted by molar-refractivity contribution is 7.63. The van der Waals surface area contributed by atoms with Gasteiger partial charge in [-0.3, -0.25) is 0 Å². The summed E-state index contributed by atoms with van der Waals surface area (Å²) >= 11 is 0. The molecule has 0 N–H and O–H groups in total. The maximum atomic E-state index is 12.2. The maximum absolute atomic E-state index is 12.2. The molecule has 3 saturated carbocycles. The third kappa shape index (κ3) is 2.34. The summed E-state index contributed by atoms with van der Waals surface area (Å²) in [6.07, 6.45) is 4.59. The van der Waals surface area contributed by atoms with Crippen molar-refractivity contribution in [3.05, 3.63) is 0 Å². The fourth-order valence-corrected chi connectivity index (χ4v) is 8.02. The molecular weight excluding hydrogens is 238 g/mol. The zero-order chi connectivity index (χ0) is 12.1. The van der Waals surface area contributed by atoms with Crippen molar-refractivity contribution in [3.63, 3.8) is 0 Å². The average Bonchev–Trinajstić information content (AvgIpc) is 2.15. The summed E-state index contributed by atoms with van der Waals surface area (Å²) in [4.78, 5) is 0. The van der Waals surface area contributed by atoms with Crippen molar-refractivity contribution in [2.45, 2.75) is 37.0 Å². The molecule has 0 saturated heterocycles. The van der Waals surface area contributed by atoms with Gasteiger partial charge in [0.25, 0.3) is 0 Å². The number of fused-ring (bicyclic) bond motifs is 3. The molecule has 2 nitrogen and oxygen atoms in total. The molecule has 4 heteroatoms. The Labute approximate surface area is 99.3 Å². The summed E-state index contributed by atoms with van der Waals surface area (Å²) in [5, 5.41) is 0. The first-order chi connectivity index (χ1) is 7.19. The predicted molar refractivity (Wildman–Crippen MR) is 71.9 cm³/mol. The quantitative estimate of drug-likeness (QED) is 0.709. The molecule has 3 aliphatic carbocycles. The van der Waals surface area contributed by atoms with Crippen LogP contribution in [0.1, 0.15) is 25.7 Å². The average molecular weight is 262 g/mol. The van der Waals surface area contributed by atoms with Crippen LogP contribution < -0.4 is 0 Å². The fraction of sp³-hybridized carbons (Fsp3) is 1.00. The zero-order valence-corrected chi connectivity index (χ0v) is 12.6. The van der Waals surface area contributed by atoms with Crippen molar-refractivity contribution in [3.8, 4) is 0 Å². The van der Waals surface area contributed by atoms with Crippen LogP contribution in [0.15, 0.2) is 0 Å². The number of hydrogen-bond acceptors (Lipinski definition) is 2. The van der Waals surface area contributed by atoms with Crippen molar-refractivity contribution in [2.75, 3.05) is 26.7 Å². The Morgan fingerprint density at radius 3 is 1.25 bits per heavy atom. The molecule has 0 aromatic rings. The normalized spacial score (nSPS) is 40.0. The van der Waals surface area contributed by atoms with Crippen LogP contribution in [-0.2, 0) is 9.13 Å². The molecule has 0 aromatic heterocycles. The Bertz CT molecular complexity index is 329. The van der Waals surface area contributed by atoms with E-state index in [0.717, 1.165) is 12.8 Å². The first-order valence-corrected chi connectivity index (χ1v) is 11.6. The van der Waals surface area contributed by atoms with E-state index >= 15 is 0 Å². The smallest absolute Gasteiger partial charge is 0.0851 e. The summed E-state index contributed by atoms with van der Waals surface area (Å²) in [5.41, 5.74) is 0.850. The molecule has 4 atom stereocenters. The van der Waals surface area contributed by atoms with Gasteiger partial charge in [-0.2, -0.15) is 0 Å². The highest BCUT2D eigenvalue weighted by atomic mass is 31.2. The SMILES string of the molecule is CP(C)(=O)[C@@H]1CC2CCC1C[C@H]2P(C)(C)=O. The Morgan fingerprint density at radius 2 is 1.06 bits per heavy atom. The Morgan fingerprint density at radius 1 is 0.750 bits per heavy atom. The molecular formula is C12H24O2P2. The number of hydrogen-bond donors (Lipinski definition) is 0. The van der Waals surface area contributed by atoms with Crippen LogP contribution in [0.25, 0.3) is 0 Å². The minimum atomic E-state index is -1.95. The predicted octanol–water partition coefficient (Wildman–Crippen LogP) is 3.79. The first-order valence-electron chi connectivity index (χ1n) is 6.29. The van der Waals surface area contributed by atoms with E-state index in [1.54, 1.807) is 0 Å². The van der Waals surface area contributed by atoms with Crippen molar-refractivity contribution in [1.82, 2.24) is 0 Å². The Hall–Kier alpha value is 0.460. The molecule has 3 fully saturated rings. The fourth-order valence-electron chi connectivity index (χ4n) is 3.89. The third-order valence-corrected chi connectivity index (χ3v) is 9.14. The summed E-state index contributed by atoms with van der Waals surface area (Å²) in [6.45, 7) is 7.74. The third-order valence-electron chi connectivity index (χ3n) is 4.68. The van der Waals surface area contributed by atoms with E-state index in [4.69, 9.17) is 0 Å². The molecule has 3 rings (SSSR count). The van der Waals surface area contributed by atoms with E-state index in [9.17, 15) is 9.13 Å². The molecule has 2 bridgehead atoms. The van der Waals surface area contributed by atoms with Gasteiger partial charge in [0, 0.05) is 11.3 Å². The van der Waals surface area contributed by atoms with Crippen LogP contribution in [0.4, 0.5) is 0 Å². The molecule has 2 unspecified atom stereocenters. The minimum Gasteiger partial charge on any atom is -0.324 e. The van der Waals surface area contributed by atoms with Crippen LogP contribution in [0.2, 0.25) is 0 Å². The second kappa shape index (κ2) is 3.99. The Kier molecular flexibility index (Phi) is 3.22. The highest BCUT2D eigenvalue weighted by Gasteiger charge is 2.48. The lowest BCUT2D eigenvalue weighted by Crippen LogP contribution is -2.43. The highest BCUT2D eigenvalue weighted by Crippen LogP contribution is 2.63. The van der Waals surface area contributed by atoms with Crippen LogP contribution >= 0.6 is 14.3 Å². The molecule has 0 aliphatic heterocycles. The summed E-state index contributed by atoms with van der Waals surface area (Å²) < 4.78 is 24.5. The minimum absolute atomic E-state index is 0.425. The standard InChI is InChI=1S/C12H24O2P2/c1-15(2,13)11-7-10-6-5-9(11)8-12(10)16(3,4)14/h9-12H,5-8H2,1-4H3/t9?,10?,11-,12-/m1/s1.